The van der Waals surface area contributed by atoms with E-state index in [2.05, 4.69) is 24.1 Å². The molecule has 31 heavy (non-hydrogen) atoms. The predicted molar refractivity (Wildman–Crippen MR) is 118 cm³/mol. The molecule has 0 fully saturated rings. The van der Waals surface area contributed by atoms with Crippen LogP contribution in [-0.4, -0.2) is 36.9 Å². The van der Waals surface area contributed by atoms with Gasteiger partial charge >= 0.3 is 0 Å². The lowest BCUT2D eigenvalue weighted by atomic mass is 10.1. The maximum absolute atomic E-state index is 12.6. The molecule has 0 unspecified atom stereocenters. The molecule has 2 aromatic carbocycles. The van der Waals surface area contributed by atoms with Gasteiger partial charge in [0.25, 0.3) is 5.91 Å². The van der Waals surface area contributed by atoms with E-state index >= 15 is 0 Å². The highest BCUT2D eigenvalue weighted by atomic mass is 16.5. The maximum atomic E-state index is 12.6. The zero-order chi connectivity index (χ0) is 22.5. The fourth-order valence-electron chi connectivity index (χ4n) is 3.26. The van der Waals surface area contributed by atoms with Crippen LogP contribution in [0.2, 0.25) is 0 Å². The molecule has 0 aliphatic carbocycles. The van der Waals surface area contributed by atoms with Crippen LogP contribution in [0.25, 0.3) is 10.9 Å². The number of aromatic nitrogens is 1. The molecule has 0 aliphatic heterocycles. The average molecular weight is 425 g/mol. The first kappa shape index (κ1) is 22.1. The number of azo groups is 1. The molecule has 0 saturated carbocycles. The number of fused-ring (bicyclic) bond motifs is 1. The number of hydrogen-bond donors (Lipinski definition) is 1. The fraction of sp³-hybridized carbons (Fsp3) is 0.348. The van der Waals surface area contributed by atoms with Crippen molar-refractivity contribution in [1.82, 2.24) is 4.57 Å². The van der Waals surface area contributed by atoms with Crippen molar-refractivity contribution in [2.45, 2.75) is 26.8 Å². The van der Waals surface area contributed by atoms with Crippen molar-refractivity contribution >= 4 is 22.5 Å². The summed E-state index contributed by atoms with van der Waals surface area (Å²) in [6, 6.07) is 10.2. The van der Waals surface area contributed by atoms with Crippen molar-refractivity contribution in [3.63, 3.8) is 0 Å². The lowest BCUT2D eigenvalue weighted by Crippen LogP contribution is -2.00. The quantitative estimate of drug-likeness (QED) is 0.491. The molecule has 1 heterocycles. The second-order valence-electron chi connectivity index (χ2n) is 7.46. The van der Waals surface area contributed by atoms with E-state index < -0.39 is 5.91 Å². The number of hydrogen-bond acceptors (Lipinski definition) is 6. The summed E-state index contributed by atoms with van der Waals surface area (Å²) >= 11 is 0. The van der Waals surface area contributed by atoms with Crippen molar-refractivity contribution in [3.8, 4) is 23.1 Å². The summed E-state index contributed by atoms with van der Waals surface area (Å²) in [4.78, 5) is 12.6. The summed E-state index contributed by atoms with van der Waals surface area (Å²) in [6.07, 6.45) is 0.879. The van der Waals surface area contributed by atoms with Crippen molar-refractivity contribution in [2.75, 3.05) is 21.3 Å². The third-order valence-corrected chi connectivity index (χ3v) is 5.02. The van der Waals surface area contributed by atoms with Crippen molar-refractivity contribution in [1.29, 1.82) is 0 Å². The Hall–Kier alpha value is -3.55. The monoisotopic (exact) mass is 425 g/mol. The van der Waals surface area contributed by atoms with Crippen LogP contribution in [0, 0.1) is 5.92 Å². The predicted octanol–water partition coefficient (Wildman–Crippen LogP) is 5.34. The average Bonchev–Trinajstić information content (AvgIpc) is 3.04. The van der Waals surface area contributed by atoms with Crippen LogP contribution >= 0.6 is 0 Å². The van der Waals surface area contributed by atoms with Crippen molar-refractivity contribution in [2.24, 2.45) is 16.1 Å². The molecule has 0 radical (unpaired) electrons. The van der Waals surface area contributed by atoms with E-state index in [1.54, 1.807) is 29.9 Å². The Kier molecular flexibility index (Phi) is 6.79. The summed E-state index contributed by atoms with van der Waals surface area (Å²) in [5.74, 6) is 1.41. The van der Waals surface area contributed by atoms with Gasteiger partial charge in [0.05, 0.1) is 26.8 Å². The Bertz CT molecular complexity index is 1120. The van der Waals surface area contributed by atoms with Gasteiger partial charge in [-0.15, -0.1) is 10.2 Å². The van der Waals surface area contributed by atoms with Crippen LogP contribution in [0.3, 0.4) is 0 Å². The SMILES string of the molecule is COc1ccc2c(c1)c(N=NC(=O)c1ccc(OC)c(OC)c1)c(O)n2CCC(C)C. The highest BCUT2D eigenvalue weighted by Gasteiger charge is 2.18. The molecular weight excluding hydrogens is 398 g/mol. The van der Waals surface area contributed by atoms with Crippen LogP contribution in [0.4, 0.5) is 5.69 Å². The van der Waals surface area contributed by atoms with Gasteiger partial charge in [0.15, 0.2) is 17.2 Å². The maximum Gasteiger partial charge on any atom is 0.295 e. The van der Waals surface area contributed by atoms with E-state index in [0.717, 1.165) is 11.9 Å². The Labute approximate surface area is 181 Å². The fourth-order valence-corrected chi connectivity index (χ4v) is 3.26. The van der Waals surface area contributed by atoms with Crippen molar-refractivity contribution < 1.29 is 24.1 Å². The molecule has 1 aromatic heterocycles. The Balaban J connectivity index is 2.00. The van der Waals surface area contributed by atoms with E-state index in [0.29, 0.717) is 40.7 Å². The van der Waals surface area contributed by atoms with E-state index in [1.165, 1.54) is 20.3 Å². The molecule has 8 nitrogen and oxygen atoms in total. The number of ether oxygens (including phenoxy) is 3. The topological polar surface area (TPSA) is 94.6 Å². The molecule has 1 N–H and O–H groups in total. The van der Waals surface area contributed by atoms with Gasteiger partial charge in [0, 0.05) is 17.5 Å². The molecule has 0 atom stereocenters. The lowest BCUT2D eigenvalue weighted by Gasteiger charge is -2.09. The summed E-state index contributed by atoms with van der Waals surface area (Å²) in [6.45, 7) is 4.85. The first-order chi connectivity index (χ1) is 14.9. The van der Waals surface area contributed by atoms with Crippen LogP contribution in [0.1, 0.15) is 30.6 Å². The second kappa shape index (κ2) is 9.51. The number of aromatic hydroxyl groups is 1. The number of nitrogens with zero attached hydrogens (tertiary/aromatic N) is 3. The molecule has 1 amide bonds. The van der Waals surface area contributed by atoms with Gasteiger partial charge in [-0.1, -0.05) is 13.8 Å². The molecule has 0 aliphatic rings. The van der Waals surface area contributed by atoms with E-state index in [4.69, 9.17) is 14.2 Å². The molecule has 3 aromatic rings. The minimum atomic E-state index is -0.564. The Morgan fingerprint density at radius 2 is 1.77 bits per heavy atom. The number of rotatable bonds is 8. The normalized spacial score (nSPS) is 11.4. The Morgan fingerprint density at radius 1 is 1.03 bits per heavy atom. The third-order valence-electron chi connectivity index (χ3n) is 5.02. The summed E-state index contributed by atoms with van der Waals surface area (Å²) in [5, 5.41) is 19.5. The van der Waals surface area contributed by atoms with Gasteiger partial charge in [0.2, 0.25) is 5.88 Å². The van der Waals surface area contributed by atoms with Gasteiger partial charge in [-0.05, 0) is 48.7 Å². The second-order valence-corrected chi connectivity index (χ2v) is 7.46. The van der Waals surface area contributed by atoms with Gasteiger partial charge in [-0.2, -0.15) is 0 Å². The molecule has 164 valence electrons. The summed E-state index contributed by atoms with van der Waals surface area (Å²) < 4.78 is 17.5. The first-order valence-electron chi connectivity index (χ1n) is 9.96. The number of amides is 1. The Morgan fingerprint density at radius 3 is 2.42 bits per heavy atom. The zero-order valence-electron chi connectivity index (χ0n) is 18.4. The standard InChI is InChI=1S/C23H27N3O5/c1-14(2)10-11-26-18-8-7-16(29-3)13-17(18)21(23(26)28)24-25-22(27)15-6-9-19(30-4)20(12-15)31-5/h6-9,12-14,28H,10-11H2,1-5H3. The minimum absolute atomic E-state index is 0.0345. The summed E-state index contributed by atoms with van der Waals surface area (Å²) in [5.41, 5.74) is 1.32. The molecule has 0 bridgehead atoms. The van der Waals surface area contributed by atoms with E-state index in [9.17, 15) is 9.90 Å². The van der Waals surface area contributed by atoms with Gasteiger partial charge in [-0.25, -0.2) is 0 Å². The van der Waals surface area contributed by atoms with Crippen LogP contribution in [0.15, 0.2) is 46.6 Å². The number of aryl methyl sites for hydroxylation is 1. The highest BCUT2D eigenvalue weighted by Crippen LogP contribution is 2.41. The number of benzene rings is 2. The van der Waals surface area contributed by atoms with Gasteiger partial charge in [0.1, 0.15) is 5.75 Å². The van der Waals surface area contributed by atoms with Crippen LogP contribution < -0.4 is 14.2 Å². The molecule has 0 spiro atoms. The largest absolute Gasteiger partial charge is 0.497 e. The van der Waals surface area contributed by atoms with Crippen LogP contribution in [0.5, 0.6) is 23.1 Å². The van der Waals surface area contributed by atoms with Gasteiger partial charge < -0.3 is 23.9 Å². The first-order valence-corrected chi connectivity index (χ1v) is 9.96. The molecule has 8 heteroatoms. The number of carbonyl (C=O) groups excluding carboxylic acids is 1. The molecule has 3 rings (SSSR count). The number of methoxy groups -OCH3 is 3. The smallest absolute Gasteiger partial charge is 0.295 e. The van der Waals surface area contributed by atoms with Crippen molar-refractivity contribution in [3.05, 3.63) is 42.0 Å². The van der Waals surface area contributed by atoms with Crippen LogP contribution in [-0.2, 0) is 6.54 Å². The molecule has 0 saturated heterocycles. The molecular formula is C23H27N3O5. The summed E-state index contributed by atoms with van der Waals surface area (Å²) in [7, 11) is 4.58. The third kappa shape index (κ3) is 4.63. The van der Waals surface area contributed by atoms with E-state index in [-0.39, 0.29) is 11.6 Å². The van der Waals surface area contributed by atoms with Gasteiger partial charge in [-0.3, -0.25) is 4.79 Å². The lowest BCUT2D eigenvalue weighted by molar-refractivity contribution is 0.0994. The minimum Gasteiger partial charge on any atom is -0.497 e. The zero-order valence-corrected chi connectivity index (χ0v) is 18.4. The van der Waals surface area contributed by atoms with E-state index in [1.807, 2.05) is 12.1 Å². The number of carbonyl (C=O) groups is 1. The highest BCUT2D eigenvalue weighted by molar-refractivity contribution is 5.98.